The summed E-state index contributed by atoms with van der Waals surface area (Å²) in [5.41, 5.74) is 2.15. The summed E-state index contributed by atoms with van der Waals surface area (Å²) in [5, 5.41) is 18.0. The van der Waals surface area contributed by atoms with Gasteiger partial charge in [0.05, 0.1) is 22.0 Å². The second-order valence-corrected chi connectivity index (χ2v) is 6.31. The molecule has 0 unspecified atom stereocenters. The number of aromatic nitrogens is 3. The highest BCUT2D eigenvalue weighted by Gasteiger charge is 2.20. The van der Waals surface area contributed by atoms with Crippen LogP contribution in [0.5, 0.6) is 0 Å². The van der Waals surface area contributed by atoms with Crippen molar-refractivity contribution in [3.8, 4) is 6.07 Å². The number of rotatable bonds is 2. The number of hydrogen-bond acceptors (Lipinski definition) is 6. The molecule has 7 heteroatoms. The first kappa shape index (κ1) is 16.5. The molecule has 0 radical (unpaired) electrons. The van der Waals surface area contributed by atoms with E-state index >= 15 is 0 Å². The van der Waals surface area contributed by atoms with Crippen molar-refractivity contribution in [2.75, 3.05) is 36.0 Å². The predicted octanol–water partition coefficient (Wildman–Crippen LogP) is 2.73. The van der Waals surface area contributed by atoms with Gasteiger partial charge < -0.3 is 9.80 Å². The average molecular weight is 343 g/mol. The highest BCUT2D eigenvalue weighted by atomic mass is 35.5. The Hall–Kier alpha value is -2.39. The molecule has 24 heavy (non-hydrogen) atoms. The van der Waals surface area contributed by atoms with Crippen LogP contribution in [0.2, 0.25) is 5.02 Å². The zero-order chi connectivity index (χ0) is 17.1. The summed E-state index contributed by atoms with van der Waals surface area (Å²) in [5.74, 6) is 1.66. The van der Waals surface area contributed by atoms with Gasteiger partial charge in [-0.2, -0.15) is 10.4 Å². The maximum Gasteiger partial charge on any atom is 0.151 e. The van der Waals surface area contributed by atoms with Crippen LogP contribution in [0, 0.1) is 25.2 Å². The first-order chi connectivity index (χ1) is 11.6. The van der Waals surface area contributed by atoms with Gasteiger partial charge in [0, 0.05) is 26.2 Å². The summed E-state index contributed by atoms with van der Waals surface area (Å²) in [6.07, 6.45) is 0.979. The van der Waals surface area contributed by atoms with Gasteiger partial charge in [-0.3, -0.25) is 0 Å². The van der Waals surface area contributed by atoms with Crippen molar-refractivity contribution in [1.29, 1.82) is 5.26 Å². The molecule has 0 aliphatic carbocycles. The Morgan fingerprint density at radius 1 is 1.08 bits per heavy atom. The van der Waals surface area contributed by atoms with Gasteiger partial charge in [0.2, 0.25) is 0 Å². The van der Waals surface area contributed by atoms with E-state index in [1.54, 1.807) is 6.07 Å². The van der Waals surface area contributed by atoms with Gasteiger partial charge in [-0.1, -0.05) is 11.6 Å². The molecule has 1 fully saturated rings. The number of pyridine rings is 1. The van der Waals surface area contributed by atoms with E-state index in [2.05, 4.69) is 31.1 Å². The molecule has 1 saturated heterocycles. The summed E-state index contributed by atoms with van der Waals surface area (Å²) < 4.78 is 0. The summed E-state index contributed by atoms with van der Waals surface area (Å²) in [7, 11) is 0. The lowest BCUT2D eigenvalue weighted by molar-refractivity contribution is 0.782. The molecule has 0 N–H and O–H groups in total. The standard InChI is InChI=1S/C17H19ClN6/c1-12-4-5-16(22-21-12)23-6-3-7-24(9-8-23)17-15(18)10-14(11-19)13(2)20-17/h4-5,10H,3,6-9H2,1-2H3. The fraction of sp³-hybridized carbons (Fsp3) is 0.412. The maximum atomic E-state index is 9.09. The first-order valence-corrected chi connectivity index (χ1v) is 8.34. The fourth-order valence-electron chi connectivity index (χ4n) is 2.82. The molecule has 3 rings (SSSR count). The van der Waals surface area contributed by atoms with Gasteiger partial charge >= 0.3 is 0 Å². The second kappa shape index (κ2) is 7.02. The first-order valence-electron chi connectivity index (χ1n) is 7.96. The van der Waals surface area contributed by atoms with Gasteiger partial charge in [-0.25, -0.2) is 4.98 Å². The summed E-state index contributed by atoms with van der Waals surface area (Å²) in [4.78, 5) is 8.95. The number of nitrogens with zero attached hydrogens (tertiary/aromatic N) is 6. The summed E-state index contributed by atoms with van der Waals surface area (Å²) in [6, 6.07) is 7.81. The molecule has 6 nitrogen and oxygen atoms in total. The largest absolute Gasteiger partial charge is 0.354 e. The van der Waals surface area contributed by atoms with Crippen LogP contribution in [0.3, 0.4) is 0 Å². The molecule has 2 aromatic rings. The van der Waals surface area contributed by atoms with Crippen LogP contribution in [-0.4, -0.2) is 41.4 Å². The molecule has 2 aromatic heterocycles. The van der Waals surface area contributed by atoms with E-state index in [1.165, 1.54) is 0 Å². The SMILES string of the molecule is Cc1ccc(N2CCCN(c3nc(C)c(C#N)cc3Cl)CC2)nn1. The van der Waals surface area contributed by atoms with E-state index in [0.29, 0.717) is 16.3 Å². The third-order valence-electron chi connectivity index (χ3n) is 4.17. The van der Waals surface area contributed by atoms with Crippen LogP contribution in [0.1, 0.15) is 23.4 Å². The molecule has 0 aromatic carbocycles. The molecule has 0 atom stereocenters. The van der Waals surface area contributed by atoms with Crippen molar-refractivity contribution < 1.29 is 0 Å². The van der Waals surface area contributed by atoms with Crippen LogP contribution < -0.4 is 9.80 Å². The smallest absolute Gasteiger partial charge is 0.151 e. The van der Waals surface area contributed by atoms with E-state index in [-0.39, 0.29) is 0 Å². The molecular formula is C17H19ClN6. The fourth-order valence-corrected chi connectivity index (χ4v) is 3.09. The minimum Gasteiger partial charge on any atom is -0.354 e. The zero-order valence-corrected chi connectivity index (χ0v) is 14.6. The van der Waals surface area contributed by atoms with Gasteiger partial charge in [0.1, 0.15) is 11.9 Å². The van der Waals surface area contributed by atoms with Crippen LogP contribution in [0.4, 0.5) is 11.6 Å². The normalized spacial score (nSPS) is 15.1. The van der Waals surface area contributed by atoms with Crippen LogP contribution in [-0.2, 0) is 0 Å². The second-order valence-electron chi connectivity index (χ2n) is 5.90. The predicted molar refractivity (Wildman–Crippen MR) is 94.5 cm³/mol. The molecule has 124 valence electrons. The third-order valence-corrected chi connectivity index (χ3v) is 4.45. The Morgan fingerprint density at radius 2 is 1.83 bits per heavy atom. The van der Waals surface area contributed by atoms with Crippen molar-refractivity contribution in [1.82, 2.24) is 15.2 Å². The van der Waals surface area contributed by atoms with E-state index in [0.717, 1.165) is 49.9 Å². The van der Waals surface area contributed by atoms with Crippen molar-refractivity contribution >= 4 is 23.2 Å². The minimum atomic E-state index is 0.523. The van der Waals surface area contributed by atoms with Crippen molar-refractivity contribution in [2.24, 2.45) is 0 Å². The number of aryl methyl sites for hydroxylation is 2. The molecule has 0 saturated carbocycles. The molecule has 0 bridgehead atoms. The van der Waals surface area contributed by atoms with Crippen LogP contribution in [0.25, 0.3) is 0 Å². The van der Waals surface area contributed by atoms with Crippen molar-refractivity contribution in [2.45, 2.75) is 20.3 Å². The molecule has 3 heterocycles. The lowest BCUT2D eigenvalue weighted by Gasteiger charge is -2.24. The van der Waals surface area contributed by atoms with Gasteiger partial charge in [-0.15, -0.1) is 5.10 Å². The Balaban J connectivity index is 1.77. The maximum absolute atomic E-state index is 9.09. The number of anilines is 2. The van der Waals surface area contributed by atoms with Crippen LogP contribution >= 0.6 is 11.6 Å². The Morgan fingerprint density at radius 3 is 2.54 bits per heavy atom. The molecule has 0 amide bonds. The Labute approximate surface area is 146 Å². The topological polar surface area (TPSA) is 68.9 Å². The average Bonchev–Trinajstić information content (AvgIpc) is 2.83. The van der Waals surface area contributed by atoms with Crippen molar-refractivity contribution in [3.63, 3.8) is 0 Å². The number of hydrogen-bond donors (Lipinski definition) is 0. The summed E-state index contributed by atoms with van der Waals surface area (Å²) in [6.45, 7) is 7.18. The zero-order valence-electron chi connectivity index (χ0n) is 13.8. The Bertz CT molecular complexity index is 768. The van der Waals surface area contributed by atoms with E-state index in [1.807, 2.05) is 26.0 Å². The molecular weight excluding hydrogens is 324 g/mol. The van der Waals surface area contributed by atoms with E-state index < -0.39 is 0 Å². The highest BCUT2D eigenvalue weighted by molar-refractivity contribution is 6.33. The number of nitriles is 1. The molecule has 0 spiro atoms. The summed E-state index contributed by atoms with van der Waals surface area (Å²) >= 11 is 6.35. The van der Waals surface area contributed by atoms with Gasteiger partial charge in [0.25, 0.3) is 0 Å². The lowest BCUT2D eigenvalue weighted by atomic mass is 10.2. The molecule has 1 aliphatic heterocycles. The quantitative estimate of drug-likeness (QED) is 0.835. The Kier molecular flexibility index (Phi) is 4.81. The van der Waals surface area contributed by atoms with Crippen molar-refractivity contribution in [3.05, 3.63) is 40.2 Å². The lowest BCUT2D eigenvalue weighted by Crippen LogP contribution is -2.32. The van der Waals surface area contributed by atoms with E-state index in [9.17, 15) is 0 Å². The monoisotopic (exact) mass is 342 g/mol. The van der Waals surface area contributed by atoms with E-state index in [4.69, 9.17) is 16.9 Å². The van der Waals surface area contributed by atoms with Gasteiger partial charge in [0.15, 0.2) is 5.82 Å². The molecule has 1 aliphatic rings. The highest BCUT2D eigenvalue weighted by Crippen LogP contribution is 2.27. The third kappa shape index (κ3) is 3.41. The van der Waals surface area contributed by atoms with Crippen LogP contribution in [0.15, 0.2) is 18.2 Å². The number of halogens is 1. The van der Waals surface area contributed by atoms with Gasteiger partial charge in [-0.05, 0) is 38.5 Å². The minimum absolute atomic E-state index is 0.523.